The number of hydrogen-bond acceptors (Lipinski definition) is 1. The van der Waals surface area contributed by atoms with Crippen LogP contribution in [0.2, 0.25) is 0 Å². The van der Waals surface area contributed by atoms with Gasteiger partial charge in [0.2, 0.25) is 0 Å². The molecule has 0 saturated heterocycles. The maximum absolute atomic E-state index is 2.39. The molecule has 0 bridgehead atoms. The summed E-state index contributed by atoms with van der Waals surface area (Å²) in [5.41, 5.74) is 8.22. The lowest BCUT2D eigenvalue weighted by molar-refractivity contribution is 1.28. The molecule has 8 aromatic rings. The molecule has 0 N–H and O–H groups in total. The molecular formula is C42H29N. The number of benzene rings is 8. The van der Waals surface area contributed by atoms with Crippen LogP contribution in [0.25, 0.3) is 54.6 Å². The van der Waals surface area contributed by atoms with E-state index in [1.165, 1.54) is 54.6 Å². The molecule has 202 valence electrons. The van der Waals surface area contributed by atoms with Crippen LogP contribution in [0, 0.1) is 0 Å². The SMILES string of the molecule is c1ccc(N(c2cccc(-c3ccc4ccccc4c3)c2)c2ccccc2-c2cc3ccccc3c3ccccc23)cc1. The van der Waals surface area contributed by atoms with Crippen molar-refractivity contribution in [1.82, 2.24) is 0 Å². The molecule has 0 aromatic heterocycles. The van der Waals surface area contributed by atoms with Crippen molar-refractivity contribution in [2.75, 3.05) is 4.90 Å². The minimum absolute atomic E-state index is 1.12. The lowest BCUT2D eigenvalue weighted by Crippen LogP contribution is -2.11. The highest BCUT2D eigenvalue weighted by atomic mass is 15.1. The summed E-state index contributed by atoms with van der Waals surface area (Å²) in [7, 11) is 0. The first-order chi connectivity index (χ1) is 21.3. The van der Waals surface area contributed by atoms with Gasteiger partial charge in [-0.3, -0.25) is 0 Å². The Bertz CT molecular complexity index is 2250. The van der Waals surface area contributed by atoms with E-state index in [1.54, 1.807) is 0 Å². The molecule has 0 atom stereocenters. The number of hydrogen-bond donors (Lipinski definition) is 0. The maximum Gasteiger partial charge on any atom is 0.0540 e. The van der Waals surface area contributed by atoms with Crippen molar-refractivity contribution in [3.05, 3.63) is 176 Å². The molecular weight excluding hydrogens is 518 g/mol. The Morgan fingerprint density at radius 1 is 0.302 bits per heavy atom. The predicted molar refractivity (Wildman–Crippen MR) is 185 cm³/mol. The third-order valence-electron chi connectivity index (χ3n) is 8.40. The van der Waals surface area contributed by atoms with E-state index in [-0.39, 0.29) is 0 Å². The van der Waals surface area contributed by atoms with Gasteiger partial charge in [-0.05, 0) is 91.5 Å². The van der Waals surface area contributed by atoms with E-state index in [9.17, 15) is 0 Å². The number of para-hydroxylation sites is 2. The summed E-state index contributed by atoms with van der Waals surface area (Å²) >= 11 is 0. The van der Waals surface area contributed by atoms with Gasteiger partial charge in [0.1, 0.15) is 0 Å². The Hall–Kier alpha value is -5.66. The molecule has 0 aliphatic carbocycles. The van der Waals surface area contributed by atoms with Crippen LogP contribution in [0.15, 0.2) is 176 Å². The Labute approximate surface area is 251 Å². The van der Waals surface area contributed by atoms with Gasteiger partial charge in [-0.25, -0.2) is 0 Å². The highest BCUT2D eigenvalue weighted by Crippen LogP contribution is 2.44. The van der Waals surface area contributed by atoms with E-state index in [4.69, 9.17) is 0 Å². The van der Waals surface area contributed by atoms with E-state index in [1.807, 2.05) is 0 Å². The van der Waals surface area contributed by atoms with Crippen molar-refractivity contribution in [3.8, 4) is 22.3 Å². The quantitative estimate of drug-likeness (QED) is 0.194. The zero-order chi connectivity index (χ0) is 28.6. The molecule has 8 rings (SSSR count). The highest BCUT2D eigenvalue weighted by molar-refractivity contribution is 6.15. The largest absolute Gasteiger partial charge is 0.310 e. The summed E-state index contributed by atoms with van der Waals surface area (Å²) in [5.74, 6) is 0. The molecule has 0 unspecified atom stereocenters. The van der Waals surface area contributed by atoms with Crippen molar-refractivity contribution < 1.29 is 0 Å². The molecule has 1 heteroatoms. The Balaban J connectivity index is 1.35. The normalized spacial score (nSPS) is 11.3. The molecule has 0 saturated carbocycles. The zero-order valence-corrected chi connectivity index (χ0v) is 23.7. The second-order valence-corrected chi connectivity index (χ2v) is 11.0. The molecule has 0 radical (unpaired) electrons. The van der Waals surface area contributed by atoms with Gasteiger partial charge in [0.15, 0.2) is 0 Å². The lowest BCUT2D eigenvalue weighted by Gasteiger charge is -2.28. The van der Waals surface area contributed by atoms with E-state index >= 15 is 0 Å². The Morgan fingerprint density at radius 2 is 0.930 bits per heavy atom. The standard InChI is InChI=1S/C42H29N/c1-2-17-35(18-3-1)43(36-19-12-16-32(28-36)33-26-25-30-13-4-5-14-31(30)27-33)42-24-11-10-23-40(42)41-29-34-15-6-7-20-37(34)38-21-8-9-22-39(38)41/h1-29H. The second-order valence-electron chi connectivity index (χ2n) is 11.0. The van der Waals surface area contributed by atoms with Gasteiger partial charge in [-0.15, -0.1) is 0 Å². The average molecular weight is 548 g/mol. The zero-order valence-electron chi connectivity index (χ0n) is 23.7. The third kappa shape index (κ3) is 4.52. The van der Waals surface area contributed by atoms with Crippen LogP contribution in [-0.2, 0) is 0 Å². The smallest absolute Gasteiger partial charge is 0.0540 e. The average Bonchev–Trinajstić information content (AvgIpc) is 3.09. The summed E-state index contributed by atoms with van der Waals surface area (Å²) in [4.78, 5) is 2.39. The number of anilines is 3. The van der Waals surface area contributed by atoms with Crippen LogP contribution in [0.5, 0.6) is 0 Å². The minimum atomic E-state index is 1.12. The molecule has 0 fully saturated rings. The van der Waals surface area contributed by atoms with Crippen LogP contribution < -0.4 is 4.90 Å². The summed E-state index contributed by atoms with van der Waals surface area (Å²) in [6, 6.07) is 63.5. The molecule has 0 amide bonds. The minimum Gasteiger partial charge on any atom is -0.310 e. The molecule has 1 nitrogen and oxygen atoms in total. The van der Waals surface area contributed by atoms with Gasteiger partial charge in [-0.1, -0.05) is 133 Å². The van der Waals surface area contributed by atoms with Gasteiger partial charge in [0.25, 0.3) is 0 Å². The second kappa shape index (κ2) is 10.6. The molecule has 0 heterocycles. The van der Waals surface area contributed by atoms with Crippen LogP contribution in [-0.4, -0.2) is 0 Å². The monoisotopic (exact) mass is 547 g/mol. The van der Waals surface area contributed by atoms with Gasteiger partial charge >= 0.3 is 0 Å². The number of nitrogens with zero attached hydrogens (tertiary/aromatic N) is 1. The summed E-state index contributed by atoms with van der Waals surface area (Å²) < 4.78 is 0. The molecule has 0 aliphatic rings. The highest BCUT2D eigenvalue weighted by Gasteiger charge is 2.19. The molecule has 8 aromatic carbocycles. The van der Waals surface area contributed by atoms with Gasteiger partial charge < -0.3 is 4.90 Å². The van der Waals surface area contributed by atoms with E-state index in [0.717, 1.165) is 17.1 Å². The van der Waals surface area contributed by atoms with Crippen LogP contribution >= 0.6 is 0 Å². The third-order valence-corrected chi connectivity index (χ3v) is 8.40. The van der Waals surface area contributed by atoms with Gasteiger partial charge in [-0.2, -0.15) is 0 Å². The lowest BCUT2D eigenvalue weighted by atomic mass is 9.92. The van der Waals surface area contributed by atoms with Crippen LogP contribution in [0.3, 0.4) is 0 Å². The summed E-state index contributed by atoms with van der Waals surface area (Å²) in [5, 5.41) is 7.56. The first-order valence-electron chi connectivity index (χ1n) is 14.8. The summed E-state index contributed by atoms with van der Waals surface area (Å²) in [6.45, 7) is 0. The van der Waals surface area contributed by atoms with Crippen molar-refractivity contribution >= 4 is 49.4 Å². The fraction of sp³-hybridized carbons (Fsp3) is 0. The molecule has 0 aliphatic heterocycles. The predicted octanol–water partition coefficient (Wildman–Crippen LogP) is 11.9. The Morgan fingerprint density at radius 3 is 1.79 bits per heavy atom. The molecule has 43 heavy (non-hydrogen) atoms. The van der Waals surface area contributed by atoms with E-state index in [0.29, 0.717) is 0 Å². The van der Waals surface area contributed by atoms with Crippen molar-refractivity contribution in [2.45, 2.75) is 0 Å². The van der Waals surface area contributed by atoms with Gasteiger partial charge in [0.05, 0.1) is 5.69 Å². The Kier molecular flexibility index (Phi) is 6.20. The maximum atomic E-state index is 2.39. The first-order valence-corrected chi connectivity index (χ1v) is 14.8. The number of fused-ring (bicyclic) bond motifs is 4. The van der Waals surface area contributed by atoms with Crippen LogP contribution in [0.1, 0.15) is 0 Å². The van der Waals surface area contributed by atoms with Crippen molar-refractivity contribution in [3.63, 3.8) is 0 Å². The first kappa shape index (κ1) is 25.1. The molecule has 0 spiro atoms. The van der Waals surface area contributed by atoms with Crippen LogP contribution in [0.4, 0.5) is 17.1 Å². The van der Waals surface area contributed by atoms with Gasteiger partial charge in [0, 0.05) is 16.9 Å². The fourth-order valence-electron chi connectivity index (χ4n) is 6.37. The van der Waals surface area contributed by atoms with E-state index in [2.05, 4.69) is 181 Å². The fourth-order valence-corrected chi connectivity index (χ4v) is 6.37. The topological polar surface area (TPSA) is 3.24 Å². The van der Waals surface area contributed by atoms with Crippen molar-refractivity contribution in [2.24, 2.45) is 0 Å². The number of rotatable bonds is 5. The van der Waals surface area contributed by atoms with Crippen molar-refractivity contribution in [1.29, 1.82) is 0 Å². The summed E-state index contributed by atoms with van der Waals surface area (Å²) in [6.07, 6.45) is 0. The van der Waals surface area contributed by atoms with E-state index < -0.39 is 0 Å².